The molecule has 0 bridgehead atoms. The van der Waals surface area contributed by atoms with E-state index < -0.39 is 29.0 Å². The summed E-state index contributed by atoms with van der Waals surface area (Å²) in [6.45, 7) is 31.0. The lowest BCUT2D eigenvalue weighted by Crippen LogP contribution is -2.51. The molecule has 360 valence electrons. The predicted molar refractivity (Wildman–Crippen MR) is 240 cm³/mol. The van der Waals surface area contributed by atoms with E-state index in [1.165, 1.54) is 0 Å². The standard InChI is InChI=1S/C20H40N6O5.C16H36N6O2.C4H4O3/c1-15(24-30)19(3,4)22-10-13-26(12-9-21-17(27)7-8-18(28)29)14-11-23-20(5,6)16(2)25-31;1-13(20-23)15(3,4)18-8-11-22(10-7-17)12-9-19-16(5,6)14(2)21-24;5-3-1-2-4(6)7-3/h22-23,30-31H,7-14H2,1-6H3,(H,21,27)(H,28,29);18-19,23-24H,7-12,17H2,1-6H3;1-2H2/b24-15-,25-16-;20-13-,21-14-;. The average Bonchev–Trinajstić information content (AvgIpc) is 3.59. The van der Waals surface area contributed by atoms with Crippen LogP contribution in [-0.4, -0.2) is 183 Å². The van der Waals surface area contributed by atoms with Gasteiger partial charge in [-0.2, -0.15) is 0 Å². The molecule has 0 spiro atoms. The highest BCUT2D eigenvalue weighted by molar-refractivity contribution is 5.93. The van der Waals surface area contributed by atoms with Crippen LogP contribution in [-0.2, 0) is 23.9 Å². The summed E-state index contributed by atoms with van der Waals surface area (Å²) >= 11 is 0. The summed E-state index contributed by atoms with van der Waals surface area (Å²) < 4.78 is 4.08. The Morgan fingerprint density at radius 2 is 0.855 bits per heavy atom. The maximum atomic E-state index is 11.7. The Bertz CT molecular complexity index is 1400. The van der Waals surface area contributed by atoms with Crippen LogP contribution in [0.25, 0.3) is 0 Å². The van der Waals surface area contributed by atoms with E-state index in [0.29, 0.717) is 68.7 Å². The SMILES string of the molecule is C/C(=N/O)C(C)(C)NCCN(CCN)CCNC(C)(C)/C(C)=N\O.C/C(=N/O)C(C)(C)NCCN(CCNC(=O)CCC(=O)O)CCNC(C)(C)/C(C)=N\O.O=C1CCC(=O)O1. The van der Waals surface area contributed by atoms with Gasteiger partial charge in [0.25, 0.3) is 0 Å². The van der Waals surface area contributed by atoms with Crippen LogP contribution in [0.3, 0.4) is 0 Å². The molecule has 22 nitrogen and oxygen atoms in total. The Morgan fingerprint density at radius 1 is 0.565 bits per heavy atom. The molecule has 0 radical (unpaired) electrons. The van der Waals surface area contributed by atoms with Crippen LogP contribution >= 0.6 is 0 Å². The Hall–Kier alpha value is -4.32. The van der Waals surface area contributed by atoms with Gasteiger partial charge in [-0.1, -0.05) is 20.6 Å². The first-order valence-electron chi connectivity index (χ1n) is 20.9. The molecule has 0 saturated carbocycles. The summed E-state index contributed by atoms with van der Waals surface area (Å²) in [4.78, 5) is 46.8. The fourth-order valence-electron chi connectivity index (χ4n) is 5.07. The number of rotatable bonds is 28. The number of aliphatic carboxylic acids is 1. The molecule has 1 amide bonds. The number of carbonyl (C=O) groups excluding carboxylic acids is 3. The van der Waals surface area contributed by atoms with Crippen LogP contribution in [0.4, 0.5) is 0 Å². The van der Waals surface area contributed by atoms with Crippen molar-refractivity contribution >= 4 is 46.7 Å². The van der Waals surface area contributed by atoms with E-state index in [4.69, 9.17) is 31.7 Å². The summed E-state index contributed by atoms with van der Waals surface area (Å²) in [5.41, 5.74) is 6.53. The minimum atomic E-state index is -0.998. The van der Waals surface area contributed by atoms with Crippen molar-refractivity contribution < 1.29 is 49.9 Å². The lowest BCUT2D eigenvalue weighted by molar-refractivity contribution is -0.152. The van der Waals surface area contributed by atoms with Crippen molar-refractivity contribution in [2.75, 3.05) is 78.5 Å². The quantitative estimate of drug-likeness (QED) is 0.0173. The number of carboxylic acids is 1. The van der Waals surface area contributed by atoms with Crippen molar-refractivity contribution in [2.24, 2.45) is 26.4 Å². The van der Waals surface area contributed by atoms with E-state index in [2.05, 4.69) is 61.7 Å². The van der Waals surface area contributed by atoms with Gasteiger partial charge in [-0.05, 0) is 83.1 Å². The zero-order valence-electron chi connectivity index (χ0n) is 39.4. The smallest absolute Gasteiger partial charge is 0.314 e. The molecule has 1 aliphatic rings. The fourth-order valence-corrected chi connectivity index (χ4v) is 5.07. The molecule has 0 aromatic rings. The lowest BCUT2D eigenvalue weighted by Gasteiger charge is -2.30. The first-order chi connectivity index (χ1) is 28.7. The number of carbonyl (C=O) groups is 4. The maximum absolute atomic E-state index is 11.7. The summed E-state index contributed by atoms with van der Waals surface area (Å²) in [7, 11) is 0. The molecule has 1 aliphatic heterocycles. The van der Waals surface area contributed by atoms with E-state index in [1.54, 1.807) is 27.7 Å². The number of cyclic esters (lactones) is 2. The molecule has 62 heavy (non-hydrogen) atoms. The van der Waals surface area contributed by atoms with Crippen LogP contribution in [0, 0.1) is 0 Å². The average molecular weight is 889 g/mol. The van der Waals surface area contributed by atoms with Crippen LogP contribution < -0.4 is 32.3 Å². The maximum Gasteiger partial charge on any atom is 0.314 e. The molecule has 0 aromatic heterocycles. The van der Waals surface area contributed by atoms with Gasteiger partial charge < -0.3 is 63.0 Å². The second-order valence-electron chi connectivity index (χ2n) is 17.0. The summed E-state index contributed by atoms with van der Waals surface area (Å²) in [5.74, 6) is -2.08. The Kier molecular flexibility index (Phi) is 29.6. The first kappa shape index (κ1) is 59.8. The van der Waals surface area contributed by atoms with E-state index in [9.17, 15) is 19.2 Å². The van der Waals surface area contributed by atoms with Crippen molar-refractivity contribution in [1.29, 1.82) is 0 Å². The largest absolute Gasteiger partial charge is 0.481 e. The molecule has 0 unspecified atom stereocenters. The van der Waals surface area contributed by atoms with Crippen molar-refractivity contribution in [1.82, 2.24) is 36.4 Å². The number of hydrogen-bond donors (Lipinski definition) is 11. The van der Waals surface area contributed by atoms with Crippen molar-refractivity contribution in [3.05, 3.63) is 0 Å². The molecule has 1 heterocycles. The van der Waals surface area contributed by atoms with Gasteiger partial charge in [0, 0.05) is 85.0 Å². The Morgan fingerprint density at radius 3 is 1.10 bits per heavy atom. The summed E-state index contributed by atoms with van der Waals surface area (Å²) in [5, 5.41) is 73.8. The normalized spacial score (nSPS) is 14.6. The number of nitrogens with zero attached hydrogens (tertiary/aromatic N) is 6. The van der Waals surface area contributed by atoms with Gasteiger partial charge in [-0.3, -0.25) is 29.0 Å². The van der Waals surface area contributed by atoms with Crippen molar-refractivity contribution in [3.8, 4) is 0 Å². The highest BCUT2D eigenvalue weighted by Gasteiger charge is 2.25. The molecule has 1 saturated heterocycles. The summed E-state index contributed by atoms with van der Waals surface area (Å²) in [6.07, 6.45) is 0.295. The highest BCUT2D eigenvalue weighted by atomic mass is 16.6. The van der Waals surface area contributed by atoms with Gasteiger partial charge in [0.15, 0.2) is 0 Å². The van der Waals surface area contributed by atoms with E-state index in [1.807, 2.05) is 55.4 Å². The Labute approximate surface area is 368 Å². The minimum absolute atomic E-state index is 0.0413. The zero-order valence-corrected chi connectivity index (χ0v) is 39.4. The molecular formula is C40H80N12O10. The topological polar surface area (TPSA) is 321 Å². The minimum Gasteiger partial charge on any atom is -0.481 e. The Balaban J connectivity index is 0. The van der Waals surface area contributed by atoms with Gasteiger partial charge in [0.1, 0.15) is 0 Å². The van der Waals surface area contributed by atoms with E-state index in [-0.39, 0.29) is 42.7 Å². The van der Waals surface area contributed by atoms with Crippen LogP contribution in [0.2, 0.25) is 0 Å². The van der Waals surface area contributed by atoms with Crippen molar-refractivity contribution in [2.45, 2.75) is 131 Å². The second kappa shape index (κ2) is 30.7. The molecule has 0 aliphatic carbocycles. The highest BCUT2D eigenvalue weighted by Crippen LogP contribution is 2.08. The number of ether oxygens (including phenoxy) is 1. The van der Waals surface area contributed by atoms with Gasteiger partial charge >= 0.3 is 17.9 Å². The van der Waals surface area contributed by atoms with Gasteiger partial charge in [-0.15, -0.1) is 0 Å². The number of nitrogens with two attached hydrogens (primary N) is 1. The van der Waals surface area contributed by atoms with Gasteiger partial charge in [0.05, 0.1) is 64.3 Å². The molecule has 1 rings (SSSR count). The predicted octanol–water partition coefficient (Wildman–Crippen LogP) is 1.24. The van der Waals surface area contributed by atoms with Gasteiger partial charge in [0.2, 0.25) is 5.91 Å². The molecule has 12 N–H and O–H groups in total. The fraction of sp³-hybridized carbons (Fsp3) is 0.800. The monoisotopic (exact) mass is 889 g/mol. The number of nitrogens with one attached hydrogen (secondary N) is 5. The van der Waals surface area contributed by atoms with Crippen molar-refractivity contribution in [3.63, 3.8) is 0 Å². The molecule has 22 heteroatoms. The number of amides is 1. The summed E-state index contributed by atoms with van der Waals surface area (Å²) in [6, 6.07) is 0. The third-order valence-electron chi connectivity index (χ3n) is 10.7. The molecule has 1 fully saturated rings. The van der Waals surface area contributed by atoms with Gasteiger partial charge in [-0.25, -0.2) is 0 Å². The third kappa shape index (κ3) is 26.9. The lowest BCUT2D eigenvalue weighted by atomic mass is 9.99. The molecule has 0 atom stereocenters. The number of esters is 2. The second-order valence-corrected chi connectivity index (χ2v) is 17.0. The molecular weight excluding hydrogens is 809 g/mol. The third-order valence-corrected chi connectivity index (χ3v) is 10.7. The molecule has 0 aromatic carbocycles. The first-order valence-corrected chi connectivity index (χ1v) is 20.9. The zero-order chi connectivity index (χ0) is 48.2. The van der Waals surface area contributed by atoms with Crippen LogP contribution in [0.5, 0.6) is 0 Å². The van der Waals surface area contributed by atoms with Crippen LogP contribution in [0.15, 0.2) is 20.6 Å². The number of carboxylic acid groups (broad SMARTS) is 1. The number of hydrogen-bond acceptors (Lipinski definition) is 20. The van der Waals surface area contributed by atoms with E-state index in [0.717, 1.165) is 32.7 Å². The van der Waals surface area contributed by atoms with E-state index >= 15 is 0 Å². The number of oxime groups is 4. The van der Waals surface area contributed by atoms with Crippen LogP contribution in [0.1, 0.15) is 109 Å².